The van der Waals surface area contributed by atoms with Gasteiger partial charge in [0.25, 0.3) is 5.91 Å². The van der Waals surface area contributed by atoms with Crippen LogP contribution in [0.3, 0.4) is 0 Å². The Hall–Kier alpha value is -2.50. The third-order valence-corrected chi connectivity index (χ3v) is 8.35. The predicted molar refractivity (Wildman–Crippen MR) is 120 cm³/mol. The Bertz CT molecular complexity index is 1160. The third kappa shape index (κ3) is 5.45. The molecule has 0 saturated carbocycles. The smallest absolute Gasteiger partial charge is 0.308 e. The summed E-state index contributed by atoms with van der Waals surface area (Å²) in [6.45, 7) is 6.07. The van der Waals surface area contributed by atoms with E-state index in [2.05, 4.69) is 0 Å². The number of carbonyl (C=O) groups excluding carboxylic acids is 2. The van der Waals surface area contributed by atoms with Gasteiger partial charge in [0.1, 0.15) is 0 Å². The Labute approximate surface area is 191 Å². The van der Waals surface area contributed by atoms with Crippen LogP contribution >= 0.6 is 11.3 Å². The maximum Gasteiger partial charge on any atom is 0.308 e. The van der Waals surface area contributed by atoms with Crippen LogP contribution in [0.4, 0.5) is 0 Å². The van der Waals surface area contributed by atoms with Gasteiger partial charge in [-0.25, -0.2) is 8.42 Å². The molecule has 2 heterocycles. The number of thiazole rings is 1. The van der Waals surface area contributed by atoms with E-state index in [1.54, 1.807) is 31.4 Å². The molecular weight excluding hydrogens is 454 g/mol. The zero-order valence-corrected chi connectivity index (χ0v) is 20.0. The molecule has 174 valence electrons. The van der Waals surface area contributed by atoms with E-state index < -0.39 is 22.6 Å². The maximum absolute atomic E-state index is 13.0. The number of nitrogens with zero attached hydrogens (tertiary/aromatic N) is 3. The van der Waals surface area contributed by atoms with Gasteiger partial charge in [-0.05, 0) is 32.4 Å². The standard InChI is InChI=1S/C21H27N3O6S2/c1-15-4-5-18(16(2)12-15)32(28,29)23-10-8-22(9-11-23)19(25)13-30-20(26)6-7-24-17(3)14-31-21(24)27/h4-5,12,14H,6-11,13H2,1-3H3. The molecule has 2 aromatic rings. The van der Waals surface area contributed by atoms with Gasteiger partial charge in [0.15, 0.2) is 6.61 Å². The molecule has 1 fully saturated rings. The van der Waals surface area contributed by atoms with E-state index in [4.69, 9.17) is 4.74 Å². The van der Waals surface area contributed by atoms with Crippen LogP contribution in [0.5, 0.6) is 0 Å². The van der Waals surface area contributed by atoms with Crippen molar-refractivity contribution in [3.8, 4) is 0 Å². The van der Waals surface area contributed by atoms with Crippen LogP contribution in [0.1, 0.15) is 23.2 Å². The van der Waals surface area contributed by atoms with Crippen LogP contribution < -0.4 is 4.87 Å². The van der Waals surface area contributed by atoms with Crippen molar-refractivity contribution in [2.75, 3.05) is 32.8 Å². The minimum absolute atomic E-state index is 0.00726. The highest BCUT2D eigenvalue weighted by Crippen LogP contribution is 2.22. The monoisotopic (exact) mass is 481 g/mol. The fourth-order valence-corrected chi connectivity index (χ4v) is 5.98. The summed E-state index contributed by atoms with van der Waals surface area (Å²) >= 11 is 1.07. The van der Waals surface area contributed by atoms with E-state index in [1.807, 2.05) is 13.0 Å². The van der Waals surface area contributed by atoms with Crippen LogP contribution in [-0.4, -0.2) is 66.9 Å². The molecule has 0 spiro atoms. The molecule has 1 aromatic carbocycles. The molecule has 3 rings (SSSR count). The second-order valence-corrected chi connectivity index (χ2v) is 10.5. The van der Waals surface area contributed by atoms with E-state index in [1.165, 1.54) is 13.8 Å². The fraction of sp³-hybridized carbons (Fsp3) is 0.476. The van der Waals surface area contributed by atoms with Crippen LogP contribution in [-0.2, 0) is 30.9 Å². The Morgan fingerprint density at radius 3 is 2.38 bits per heavy atom. The number of ether oxygens (including phenoxy) is 1. The van der Waals surface area contributed by atoms with Crippen molar-refractivity contribution in [1.82, 2.24) is 13.8 Å². The Kier molecular flexibility index (Phi) is 7.52. The predicted octanol–water partition coefficient (Wildman–Crippen LogP) is 1.30. The van der Waals surface area contributed by atoms with Gasteiger partial charge in [-0.3, -0.25) is 14.4 Å². The first-order valence-corrected chi connectivity index (χ1v) is 12.6. The summed E-state index contributed by atoms with van der Waals surface area (Å²) in [5.74, 6) is -0.933. The van der Waals surface area contributed by atoms with Crippen molar-refractivity contribution in [1.29, 1.82) is 0 Å². The molecule has 1 amide bonds. The first kappa shape index (κ1) is 24.1. The highest BCUT2D eigenvalue weighted by molar-refractivity contribution is 7.89. The number of sulfonamides is 1. The van der Waals surface area contributed by atoms with E-state index in [0.29, 0.717) is 5.56 Å². The average molecular weight is 482 g/mol. The Morgan fingerprint density at radius 1 is 1.09 bits per heavy atom. The zero-order chi connectivity index (χ0) is 23.5. The van der Waals surface area contributed by atoms with Crippen molar-refractivity contribution in [3.63, 3.8) is 0 Å². The molecule has 32 heavy (non-hydrogen) atoms. The maximum atomic E-state index is 13.0. The SMILES string of the molecule is Cc1ccc(S(=O)(=O)N2CCN(C(=O)COC(=O)CCn3c(C)csc3=O)CC2)c(C)c1. The van der Waals surface area contributed by atoms with Gasteiger partial charge in [-0.2, -0.15) is 4.31 Å². The lowest BCUT2D eigenvalue weighted by Crippen LogP contribution is -2.51. The van der Waals surface area contributed by atoms with Gasteiger partial charge in [0.05, 0.1) is 11.3 Å². The second kappa shape index (κ2) is 9.97. The van der Waals surface area contributed by atoms with Gasteiger partial charge in [0.2, 0.25) is 10.0 Å². The lowest BCUT2D eigenvalue weighted by Gasteiger charge is -2.34. The molecular formula is C21H27N3O6S2. The Morgan fingerprint density at radius 2 is 1.78 bits per heavy atom. The number of hydrogen-bond donors (Lipinski definition) is 0. The van der Waals surface area contributed by atoms with Gasteiger partial charge >= 0.3 is 10.8 Å². The minimum atomic E-state index is -3.64. The van der Waals surface area contributed by atoms with Crippen molar-refractivity contribution in [2.24, 2.45) is 0 Å². The van der Waals surface area contributed by atoms with E-state index in [9.17, 15) is 22.8 Å². The molecule has 0 unspecified atom stereocenters. The van der Waals surface area contributed by atoms with Crippen LogP contribution in [0, 0.1) is 20.8 Å². The van der Waals surface area contributed by atoms with Crippen molar-refractivity contribution in [2.45, 2.75) is 38.6 Å². The molecule has 0 N–H and O–H groups in total. The summed E-state index contributed by atoms with van der Waals surface area (Å²) in [7, 11) is -3.64. The number of rotatable bonds is 7. The second-order valence-electron chi connectivity index (χ2n) is 7.76. The van der Waals surface area contributed by atoms with Crippen molar-refractivity contribution >= 4 is 33.2 Å². The molecule has 1 aliphatic rings. The summed E-state index contributed by atoms with van der Waals surface area (Å²) in [6.07, 6.45) is -0.00726. The molecule has 0 bridgehead atoms. The number of aromatic nitrogens is 1. The van der Waals surface area contributed by atoms with Gasteiger partial charge < -0.3 is 14.2 Å². The first-order valence-electron chi connectivity index (χ1n) is 10.3. The molecule has 0 atom stereocenters. The zero-order valence-electron chi connectivity index (χ0n) is 18.4. The quantitative estimate of drug-likeness (QED) is 0.552. The number of benzene rings is 1. The molecule has 11 heteroatoms. The summed E-state index contributed by atoms with van der Waals surface area (Å²) in [6, 6.07) is 5.21. The van der Waals surface area contributed by atoms with Gasteiger partial charge in [0, 0.05) is 43.8 Å². The van der Waals surface area contributed by atoms with Crippen LogP contribution in [0.15, 0.2) is 33.3 Å². The molecule has 0 aliphatic carbocycles. The number of hydrogen-bond acceptors (Lipinski definition) is 7. The van der Waals surface area contributed by atoms with Crippen LogP contribution in [0.2, 0.25) is 0 Å². The van der Waals surface area contributed by atoms with E-state index in [0.717, 1.165) is 22.6 Å². The number of amides is 1. The third-order valence-electron chi connectivity index (χ3n) is 5.41. The normalized spacial score (nSPS) is 15.0. The average Bonchev–Trinajstić information content (AvgIpc) is 3.07. The molecule has 1 aromatic heterocycles. The van der Waals surface area contributed by atoms with Gasteiger partial charge in [-0.15, -0.1) is 0 Å². The lowest BCUT2D eigenvalue weighted by molar-refractivity contribution is -0.152. The highest BCUT2D eigenvalue weighted by Gasteiger charge is 2.31. The van der Waals surface area contributed by atoms with E-state index in [-0.39, 0.29) is 54.8 Å². The summed E-state index contributed by atoms with van der Waals surface area (Å²) in [4.78, 5) is 37.6. The largest absolute Gasteiger partial charge is 0.456 e. The first-order chi connectivity index (χ1) is 15.1. The summed E-state index contributed by atoms with van der Waals surface area (Å²) in [5.41, 5.74) is 2.46. The minimum Gasteiger partial charge on any atom is -0.456 e. The topological polar surface area (TPSA) is 106 Å². The summed E-state index contributed by atoms with van der Waals surface area (Å²) < 4.78 is 33.8. The summed E-state index contributed by atoms with van der Waals surface area (Å²) in [5, 5.41) is 1.72. The number of esters is 1. The lowest BCUT2D eigenvalue weighted by atomic mass is 10.2. The number of carbonyl (C=O) groups is 2. The number of piperazine rings is 1. The molecule has 9 nitrogen and oxygen atoms in total. The van der Waals surface area contributed by atoms with Crippen molar-refractivity contribution < 1.29 is 22.7 Å². The molecule has 0 radical (unpaired) electrons. The van der Waals surface area contributed by atoms with Crippen LogP contribution in [0.25, 0.3) is 0 Å². The fourth-order valence-electron chi connectivity index (χ4n) is 3.59. The van der Waals surface area contributed by atoms with Gasteiger partial charge in [-0.1, -0.05) is 29.0 Å². The van der Waals surface area contributed by atoms with E-state index >= 15 is 0 Å². The molecule has 1 aliphatic heterocycles. The molecule has 1 saturated heterocycles. The Balaban J connectivity index is 1.48. The van der Waals surface area contributed by atoms with Crippen molar-refractivity contribution in [3.05, 3.63) is 50.1 Å². The highest BCUT2D eigenvalue weighted by atomic mass is 32.2. The number of aryl methyl sites for hydroxylation is 3.